The Balaban J connectivity index is 0.964. The van der Waals surface area contributed by atoms with Gasteiger partial charge in [-0.15, -0.1) is 0 Å². The molecule has 0 radical (unpaired) electrons. The quantitative estimate of drug-likeness (QED) is 0.0804. The first-order chi connectivity index (χ1) is 37.6. The molecule has 1 aliphatic heterocycles. The Morgan fingerprint density at radius 1 is 0.808 bits per heavy atom. The third-order valence-electron chi connectivity index (χ3n) is 27.2. The van der Waals surface area contributed by atoms with Crippen LogP contribution in [0, 0.1) is 98.1 Å². The monoisotopic (exact) mass is 1060 g/mol. The molecule has 7 N–H and O–H groups in total. The maximum absolute atomic E-state index is 15.5. The van der Waals surface area contributed by atoms with Crippen molar-refractivity contribution in [3.05, 3.63) is 82.4 Å². The second-order valence-electron chi connectivity index (χ2n) is 29.1. The molecule has 420 valence electrons. The lowest BCUT2D eigenvalue weighted by atomic mass is 9.32. The molecule has 2 aromatic carbocycles. The summed E-state index contributed by atoms with van der Waals surface area (Å²) in [6, 6.07) is 16.6. The van der Waals surface area contributed by atoms with Gasteiger partial charge in [0.1, 0.15) is 18.0 Å². The first-order valence-electron chi connectivity index (χ1n) is 31.5. The molecule has 13 aliphatic rings. The molecule has 20 atom stereocenters. The predicted octanol–water partition coefficient (Wildman–Crippen LogP) is 9.28. The molecule has 0 saturated heterocycles. The Bertz CT molecular complexity index is 2790. The second kappa shape index (κ2) is 18.6. The van der Waals surface area contributed by atoms with E-state index in [1.54, 1.807) is 6.08 Å². The Morgan fingerprint density at radius 3 is 2.33 bits per heavy atom. The van der Waals surface area contributed by atoms with E-state index in [1.165, 1.54) is 31.2 Å². The van der Waals surface area contributed by atoms with E-state index in [4.69, 9.17) is 4.74 Å². The van der Waals surface area contributed by atoms with Gasteiger partial charge in [-0.2, -0.15) is 0 Å². The number of carbonyl (C=O) groups is 2. The lowest BCUT2D eigenvalue weighted by Gasteiger charge is -2.75. The highest BCUT2D eigenvalue weighted by Gasteiger charge is 2.88. The van der Waals surface area contributed by atoms with Gasteiger partial charge in [-0.1, -0.05) is 99.8 Å². The van der Waals surface area contributed by atoms with Crippen molar-refractivity contribution < 1.29 is 45.0 Å². The lowest BCUT2D eigenvalue weighted by molar-refractivity contribution is -0.362. The first-order valence-corrected chi connectivity index (χ1v) is 31.5. The van der Waals surface area contributed by atoms with Crippen LogP contribution < -0.4 is 5.32 Å². The molecule has 1 heterocycles. The van der Waals surface area contributed by atoms with Gasteiger partial charge < -0.3 is 45.5 Å². The van der Waals surface area contributed by atoms with E-state index in [2.05, 4.69) is 60.5 Å². The summed E-state index contributed by atoms with van der Waals surface area (Å²) in [4.78, 5) is 29.7. The summed E-state index contributed by atoms with van der Waals surface area (Å²) < 4.78 is 6.51. The molecule has 3 spiro atoms. The van der Waals surface area contributed by atoms with Gasteiger partial charge in [-0.05, 0) is 198 Å². The fourth-order valence-corrected chi connectivity index (χ4v) is 24.0. The molecule has 10 nitrogen and oxygen atoms in total. The van der Waals surface area contributed by atoms with Crippen LogP contribution in [-0.2, 0) is 27.4 Å². The average Bonchev–Trinajstić information content (AvgIpc) is 4.40. The normalized spacial score (nSPS) is 48.1. The van der Waals surface area contributed by atoms with Crippen molar-refractivity contribution in [1.29, 1.82) is 0 Å². The Morgan fingerprint density at radius 2 is 1.59 bits per heavy atom. The minimum absolute atomic E-state index is 0.0988. The van der Waals surface area contributed by atoms with E-state index in [0.717, 1.165) is 92.8 Å². The van der Waals surface area contributed by atoms with Crippen molar-refractivity contribution >= 4 is 12.3 Å². The molecule has 10 saturated carbocycles. The van der Waals surface area contributed by atoms with Gasteiger partial charge in [0.25, 0.3) is 0 Å². The van der Waals surface area contributed by atoms with Gasteiger partial charge in [0.15, 0.2) is 0 Å². The minimum atomic E-state index is -1.89. The molecular weight excluding hydrogens is 975 g/mol. The number of rotatable bonds is 7. The van der Waals surface area contributed by atoms with Crippen LogP contribution in [0.4, 0.5) is 0 Å². The minimum Gasteiger partial charge on any atom is -0.454 e. The number of carbonyl (C=O) groups excluding carboxylic acids is 2. The molecular formula is C68H89NO9. The molecule has 10 fully saturated rings. The molecule has 78 heavy (non-hydrogen) atoms. The van der Waals surface area contributed by atoms with Gasteiger partial charge in [0, 0.05) is 57.1 Å². The van der Waals surface area contributed by atoms with Crippen LogP contribution in [0.5, 0.6) is 0 Å². The van der Waals surface area contributed by atoms with E-state index < -0.39 is 79.8 Å². The largest absolute Gasteiger partial charge is 0.454 e. The molecule has 4 bridgehead atoms. The van der Waals surface area contributed by atoms with E-state index in [9.17, 15) is 25.2 Å². The van der Waals surface area contributed by atoms with Gasteiger partial charge >= 0.3 is 5.97 Å². The summed E-state index contributed by atoms with van der Waals surface area (Å²) in [7, 11) is 1.94. The number of benzene rings is 2. The standard InChI is InChI=1S/C68H89NO9/c1-41(42-11-6-7-12-42)45-17-20-54-60(74)62(27-22-47-29-46(18-19-53(47)62)43-13-4-3-5-14-43)38-63(39-71)57-23-28-64-37-61(24-8-9-25-61)26-21-44-15-10-16-48(36-70)51(44)32-56(69-2)52-31-49(65(64,40-72)55-33-58(73)78-59(52)55)35-67(64,76)66(57,75)34-50(30-45)68(54,63)77/h3-5,10,13-16,33,39,41-42,45-47,49-50,52-54,56-57,59-60,69-70,72,74-77H,6-9,11-12,17-20,22-25,27-32,34-38,40H2,1-2H3/t41-,45+,46-,47-,49-,50-,52-,53+,54-,56+,57+,59-,60+,62-,63-,64-,65+,66-,67+,68-/m0/s1. The van der Waals surface area contributed by atoms with E-state index in [1.807, 2.05) is 19.2 Å². The summed E-state index contributed by atoms with van der Waals surface area (Å²) in [6.07, 6.45) is 19.0. The van der Waals surface area contributed by atoms with E-state index >= 15 is 15.0 Å². The van der Waals surface area contributed by atoms with Crippen molar-refractivity contribution in [2.45, 2.75) is 209 Å². The maximum Gasteiger partial charge on any atom is 0.331 e. The van der Waals surface area contributed by atoms with Crippen molar-refractivity contribution in [2.24, 2.45) is 86.3 Å². The zero-order chi connectivity index (χ0) is 53.8. The summed E-state index contributed by atoms with van der Waals surface area (Å²) in [5.41, 5.74) is -5.77. The topological polar surface area (TPSA) is 177 Å². The van der Waals surface area contributed by atoms with Crippen molar-refractivity contribution in [2.75, 3.05) is 13.7 Å². The highest BCUT2D eigenvalue weighted by atomic mass is 16.5. The molecule has 2 aromatic rings. The Kier molecular flexibility index (Phi) is 12.5. The fourth-order valence-electron chi connectivity index (χ4n) is 24.0. The number of esters is 1. The predicted molar refractivity (Wildman–Crippen MR) is 296 cm³/mol. The molecule has 0 amide bonds. The van der Waals surface area contributed by atoms with Crippen molar-refractivity contribution in [1.82, 2.24) is 5.32 Å². The smallest absolute Gasteiger partial charge is 0.331 e. The van der Waals surface area contributed by atoms with Crippen LogP contribution in [-0.4, -0.2) is 91.6 Å². The third-order valence-corrected chi connectivity index (χ3v) is 27.2. The van der Waals surface area contributed by atoms with Gasteiger partial charge in [0.2, 0.25) is 0 Å². The van der Waals surface area contributed by atoms with Crippen LogP contribution in [0.15, 0.2) is 60.2 Å². The summed E-state index contributed by atoms with van der Waals surface area (Å²) in [5, 5.41) is 86.1. The molecule has 0 unspecified atom stereocenters. The zero-order valence-electron chi connectivity index (χ0n) is 46.6. The third kappa shape index (κ3) is 6.76. The van der Waals surface area contributed by atoms with Crippen LogP contribution in [0.1, 0.15) is 183 Å². The number of aliphatic hydroxyl groups is 6. The number of aldehydes is 1. The van der Waals surface area contributed by atoms with E-state index in [0.29, 0.717) is 75.0 Å². The van der Waals surface area contributed by atoms with Crippen molar-refractivity contribution in [3.63, 3.8) is 0 Å². The fraction of sp³-hybridized carbons (Fsp3) is 0.735. The molecule has 12 aliphatic carbocycles. The Labute approximate surface area is 463 Å². The summed E-state index contributed by atoms with van der Waals surface area (Å²) in [6.45, 7) is 1.93. The Hall–Kier alpha value is -3.40. The number of likely N-dealkylation sites (N-methyl/N-ethyl adjacent to an activating group) is 1. The SMILES string of the molecule is CN[C@@H]1Cc2c(cccc2CO)C#CC2(CCCC2)C[C@]23CC[C@H]4[C@@](O)(C[C@@H]5C[C@H]([C@@H](C)C6CCCC6)CC[C@H]6[C@@H](O)[C@@]7(CC[C@H]8C[C@@H](c9ccccc9)CC[C@H]87)C[C@@]4(C=O)[C@]56O)[C@@]2(O)C[C@@H]2C[C@@H]1[C@@H]1OC(=O)C=C1[C@@]23CO. The van der Waals surface area contributed by atoms with Crippen LogP contribution in [0.3, 0.4) is 0 Å². The second-order valence-corrected chi connectivity index (χ2v) is 29.1. The zero-order valence-corrected chi connectivity index (χ0v) is 46.6. The molecule has 0 aromatic heterocycles. The number of fused-ring (bicyclic) bond motifs is 6. The van der Waals surface area contributed by atoms with Gasteiger partial charge in [-0.25, -0.2) is 4.79 Å². The average molecular weight is 1060 g/mol. The number of hydrogen-bond donors (Lipinski definition) is 7. The van der Waals surface area contributed by atoms with Gasteiger partial charge in [0.05, 0.1) is 35.9 Å². The number of ether oxygens (including phenoxy) is 1. The number of hydrogen-bond acceptors (Lipinski definition) is 10. The molecule has 10 heteroatoms. The van der Waals surface area contributed by atoms with E-state index in [-0.39, 0.29) is 55.8 Å². The van der Waals surface area contributed by atoms with Crippen LogP contribution in [0.2, 0.25) is 0 Å². The van der Waals surface area contributed by atoms with Crippen LogP contribution >= 0.6 is 0 Å². The summed E-state index contributed by atoms with van der Waals surface area (Å²) in [5.74, 6) is 6.66. The van der Waals surface area contributed by atoms with Crippen molar-refractivity contribution in [3.8, 4) is 11.8 Å². The molecule has 15 rings (SSSR count). The highest BCUT2D eigenvalue weighted by molar-refractivity contribution is 5.87. The first kappa shape index (κ1) is 52.7. The van der Waals surface area contributed by atoms with Gasteiger partial charge in [-0.3, -0.25) is 0 Å². The number of nitrogens with one attached hydrogen (secondary N) is 1. The maximum atomic E-state index is 15.5. The lowest BCUT2D eigenvalue weighted by Crippen LogP contribution is -2.83. The van der Waals surface area contributed by atoms with Crippen LogP contribution in [0.25, 0.3) is 0 Å². The summed E-state index contributed by atoms with van der Waals surface area (Å²) >= 11 is 0. The highest BCUT2D eigenvalue weighted by Crippen LogP contribution is 2.83. The number of aliphatic hydroxyl groups excluding tert-OH is 3.